The monoisotopic (exact) mass is 610 g/mol. The molecule has 4 rings (SSSR count). The molecule has 39 heavy (non-hydrogen) atoms. The summed E-state index contributed by atoms with van der Waals surface area (Å²) in [6.07, 6.45) is 27.7. The fraction of sp³-hybridized carbons (Fsp3) is 0.727. The molecule has 220 valence electrons. The van der Waals surface area contributed by atoms with E-state index in [0.717, 1.165) is 40.1 Å². The minimum atomic E-state index is -1.96. The Bertz CT molecular complexity index is 850. The first-order valence-corrected chi connectivity index (χ1v) is 21.8. The molecular formula is C33H53Cl2O2PSi. The SMILES string of the molecule is C[Si](C)(C)OC(=O)C(C/C=C/c1ccc(Cl)cc1)C[P+](C1CCCCC1)(C1CCCCC1)C1CCCCC1.[Cl-]. The van der Waals surface area contributed by atoms with Gasteiger partial charge in [-0.3, -0.25) is 4.79 Å². The molecule has 0 amide bonds. The maximum atomic E-state index is 14.0. The molecule has 3 aliphatic rings. The highest BCUT2D eigenvalue weighted by molar-refractivity contribution is 7.78. The van der Waals surface area contributed by atoms with Gasteiger partial charge in [-0.25, -0.2) is 0 Å². The van der Waals surface area contributed by atoms with E-state index in [1.165, 1.54) is 96.3 Å². The third kappa shape index (κ3) is 9.32. The number of hydrogen-bond acceptors (Lipinski definition) is 2. The highest BCUT2D eigenvalue weighted by atomic mass is 35.5. The number of carbonyl (C=O) groups is 1. The van der Waals surface area contributed by atoms with Crippen molar-refractivity contribution in [2.75, 3.05) is 6.16 Å². The van der Waals surface area contributed by atoms with E-state index in [9.17, 15) is 4.79 Å². The fourth-order valence-corrected chi connectivity index (χ4v) is 16.6. The number of carbonyl (C=O) groups excluding carboxylic acids is 1. The van der Waals surface area contributed by atoms with Crippen molar-refractivity contribution in [1.29, 1.82) is 0 Å². The van der Waals surface area contributed by atoms with E-state index >= 15 is 0 Å². The molecule has 0 spiro atoms. The van der Waals surface area contributed by atoms with E-state index in [-0.39, 0.29) is 24.3 Å². The van der Waals surface area contributed by atoms with Crippen molar-refractivity contribution in [3.63, 3.8) is 0 Å². The molecule has 6 heteroatoms. The Morgan fingerprint density at radius 3 is 1.69 bits per heavy atom. The molecule has 0 aliphatic heterocycles. The second-order valence-corrected chi connectivity index (χ2v) is 22.9. The molecule has 1 atom stereocenters. The number of allylic oxidation sites excluding steroid dienone is 1. The second-order valence-electron chi connectivity index (χ2n) is 13.5. The zero-order valence-corrected chi connectivity index (χ0v) is 28.2. The Labute approximate surface area is 252 Å². The van der Waals surface area contributed by atoms with Gasteiger partial charge in [-0.2, -0.15) is 0 Å². The van der Waals surface area contributed by atoms with Gasteiger partial charge in [-0.1, -0.05) is 55.1 Å². The van der Waals surface area contributed by atoms with Crippen molar-refractivity contribution in [1.82, 2.24) is 0 Å². The zero-order valence-electron chi connectivity index (χ0n) is 24.8. The van der Waals surface area contributed by atoms with Gasteiger partial charge < -0.3 is 16.8 Å². The van der Waals surface area contributed by atoms with Gasteiger partial charge >= 0.3 is 0 Å². The molecule has 3 saturated carbocycles. The van der Waals surface area contributed by atoms with Gasteiger partial charge in [0.15, 0.2) is 0 Å². The van der Waals surface area contributed by atoms with Crippen molar-refractivity contribution in [3.8, 4) is 0 Å². The van der Waals surface area contributed by atoms with E-state index in [2.05, 4.69) is 43.9 Å². The molecule has 0 saturated heterocycles. The zero-order chi connectivity index (χ0) is 27.0. The topological polar surface area (TPSA) is 26.3 Å². The maximum Gasteiger partial charge on any atom is 0.299 e. The van der Waals surface area contributed by atoms with Crippen molar-refractivity contribution < 1.29 is 21.6 Å². The summed E-state index contributed by atoms with van der Waals surface area (Å²) in [6, 6.07) is 8.03. The number of hydrogen-bond donors (Lipinski definition) is 0. The molecule has 0 radical (unpaired) electrons. The lowest BCUT2D eigenvalue weighted by atomic mass is 9.98. The Balaban J connectivity index is 0.00000420. The number of benzene rings is 1. The molecule has 0 aromatic heterocycles. The summed E-state index contributed by atoms with van der Waals surface area (Å²) in [5.74, 6) is 0.112. The van der Waals surface area contributed by atoms with Gasteiger partial charge in [-0.15, -0.1) is 0 Å². The number of rotatable bonds is 10. The van der Waals surface area contributed by atoms with Gasteiger partial charge in [0.05, 0.1) is 29.1 Å². The summed E-state index contributed by atoms with van der Waals surface area (Å²) < 4.78 is 6.29. The molecule has 0 heterocycles. The summed E-state index contributed by atoms with van der Waals surface area (Å²) in [5, 5.41) is 0.765. The average molecular weight is 612 g/mol. The van der Waals surface area contributed by atoms with E-state index in [0.29, 0.717) is 0 Å². The van der Waals surface area contributed by atoms with Crippen molar-refractivity contribution >= 4 is 39.2 Å². The predicted octanol–water partition coefficient (Wildman–Crippen LogP) is 7.76. The third-order valence-electron chi connectivity index (χ3n) is 9.64. The van der Waals surface area contributed by atoms with Gasteiger partial charge in [-0.05, 0) is 121 Å². The van der Waals surface area contributed by atoms with E-state index in [1.54, 1.807) is 0 Å². The molecular weight excluding hydrogens is 558 g/mol. The minimum Gasteiger partial charge on any atom is -1.00 e. The lowest BCUT2D eigenvalue weighted by Gasteiger charge is -2.50. The summed E-state index contributed by atoms with van der Waals surface area (Å²) in [5.41, 5.74) is 3.83. The van der Waals surface area contributed by atoms with Crippen LogP contribution in [0.25, 0.3) is 6.08 Å². The molecule has 1 aromatic rings. The van der Waals surface area contributed by atoms with Gasteiger partial charge in [0.2, 0.25) is 8.32 Å². The lowest BCUT2D eigenvalue weighted by molar-refractivity contribution is -0.138. The van der Waals surface area contributed by atoms with Gasteiger partial charge in [0.25, 0.3) is 5.97 Å². The molecule has 1 aromatic carbocycles. The van der Waals surface area contributed by atoms with Crippen molar-refractivity contribution in [2.45, 2.75) is 139 Å². The molecule has 3 aliphatic carbocycles. The van der Waals surface area contributed by atoms with Crippen LogP contribution in [0.15, 0.2) is 30.3 Å². The van der Waals surface area contributed by atoms with Crippen LogP contribution in [-0.2, 0) is 9.22 Å². The first-order chi connectivity index (χ1) is 18.3. The van der Waals surface area contributed by atoms with Crippen LogP contribution in [0.1, 0.15) is 108 Å². The van der Waals surface area contributed by atoms with Crippen LogP contribution in [0.5, 0.6) is 0 Å². The summed E-state index contributed by atoms with van der Waals surface area (Å²) >= 11 is 6.12. The van der Waals surface area contributed by atoms with E-state index in [4.69, 9.17) is 16.0 Å². The highest BCUT2D eigenvalue weighted by Crippen LogP contribution is 2.78. The Morgan fingerprint density at radius 2 is 1.28 bits per heavy atom. The highest BCUT2D eigenvalue weighted by Gasteiger charge is 2.58. The summed E-state index contributed by atoms with van der Waals surface area (Å²) in [4.78, 5) is 14.0. The second kappa shape index (κ2) is 15.8. The van der Waals surface area contributed by atoms with Crippen LogP contribution in [0.2, 0.25) is 24.7 Å². The fourth-order valence-electron chi connectivity index (χ4n) is 7.98. The first kappa shape index (κ1) is 33.2. The number of halogens is 2. The standard InChI is InChI=1S/C33H53ClO2PSi.ClH/c1-38(2,3)36-33(35)28(15-13-14-27-22-24-29(34)25-23-27)26-37(30-16-7-4-8-17-30,31-18-9-5-10-19-31)32-20-11-6-12-21-32;/h13-14,22-25,28,30-32H,4-12,15-21,26H2,1-3H3;1H/q+1;/p-1/b14-13+;. The Hall–Kier alpha value is -0.343. The molecule has 2 nitrogen and oxygen atoms in total. The molecule has 1 unspecified atom stereocenters. The summed E-state index contributed by atoms with van der Waals surface area (Å²) in [7, 11) is -3.32. The van der Waals surface area contributed by atoms with E-state index < -0.39 is 15.6 Å². The van der Waals surface area contributed by atoms with Crippen LogP contribution >= 0.6 is 18.9 Å². The Morgan fingerprint density at radius 1 is 0.846 bits per heavy atom. The third-order valence-corrected chi connectivity index (χ3v) is 17.4. The normalized spacial score (nSPS) is 21.4. The Kier molecular flexibility index (Phi) is 13.4. The van der Waals surface area contributed by atoms with Crippen LogP contribution in [0, 0.1) is 5.92 Å². The maximum absolute atomic E-state index is 14.0. The minimum absolute atomic E-state index is 0. The van der Waals surface area contributed by atoms with Gasteiger partial charge in [0.1, 0.15) is 0 Å². The van der Waals surface area contributed by atoms with Crippen LogP contribution in [0.4, 0.5) is 0 Å². The largest absolute Gasteiger partial charge is 1.00 e. The van der Waals surface area contributed by atoms with Crippen molar-refractivity contribution in [3.05, 3.63) is 40.9 Å². The van der Waals surface area contributed by atoms with Crippen LogP contribution < -0.4 is 12.4 Å². The lowest BCUT2D eigenvalue weighted by Crippen LogP contribution is -3.00. The molecule has 3 fully saturated rings. The molecule has 0 bridgehead atoms. The predicted molar refractivity (Wildman–Crippen MR) is 170 cm³/mol. The van der Waals surface area contributed by atoms with Crippen molar-refractivity contribution in [2.24, 2.45) is 5.92 Å². The van der Waals surface area contributed by atoms with E-state index in [1.807, 2.05) is 12.1 Å². The van der Waals surface area contributed by atoms with Crippen LogP contribution in [0.3, 0.4) is 0 Å². The summed E-state index contributed by atoms with van der Waals surface area (Å²) in [6.45, 7) is 6.49. The smallest absolute Gasteiger partial charge is 0.299 e. The average Bonchev–Trinajstić information content (AvgIpc) is 2.92. The molecule has 0 N–H and O–H groups in total. The van der Waals surface area contributed by atoms with Crippen LogP contribution in [-0.4, -0.2) is 37.4 Å². The first-order valence-electron chi connectivity index (χ1n) is 15.8. The van der Waals surface area contributed by atoms with Gasteiger partial charge in [0, 0.05) is 12.3 Å². The quantitative estimate of drug-likeness (QED) is 0.200.